The van der Waals surface area contributed by atoms with Gasteiger partial charge < -0.3 is 14.8 Å². The Kier molecular flexibility index (Phi) is 6.88. The van der Waals surface area contributed by atoms with Crippen LogP contribution < -0.4 is 10.0 Å². The minimum atomic E-state index is -3.62. The number of pyridine rings is 1. The van der Waals surface area contributed by atoms with Gasteiger partial charge >= 0.3 is 0 Å². The first-order valence-corrected chi connectivity index (χ1v) is 8.14. The quantitative estimate of drug-likeness (QED) is 0.655. The maximum Gasteiger partial charge on any atom is 0.257 e. The summed E-state index contributed by atoms with van der Waals surface area (Å²) in [5, 5.41) is 2.62. The number of hydrogen-bond donors (Lipinski definition) is 2. The van der Waals surface area contributed by atoms with Crippen LogP contribution in [-0.2, 0) is 19.5 Å². The molecular weight excluding hydrogens is 310 g/mol. The standard InChI is InChI=1S/C13H21N3O5S/c1-5-10(13(20-3)21-4)16-12(17)9-6-7-11(15-8-9)22(18,19)14-2/h6-8,10,13-14H,5H2,1-4H3,(H,16,17)/t10-/m0/s1. The molecule has 0 saturated heterocycles. The summed E-state index contributed by atoms with van der Waals surface area (Å²) in [5.41, 5.74) is 0.249. The van der Waals surface area contributed by atoms with Gasteiger partial charge in [-0.1, -0.05) is 6.92 Å². The fourth-order valence-electron chi connectivity index (χ4n) is 1.82. The molecule has 0 radical (unpaired) electrons. The van der Waals surface area contributed by atoms with Gasteiger partial charge in [-0.3, -0.25) is 4.79 Å². The molecule has 1 aromatic heterocycles. The van der Waals surface area contributed by atoms with Crippen LogP contribution in [0.15, 0.2) is 23.4 Å². The number of nitrogens with zero attached hydrogens (tertiary/aromatic N) is 1. The van der Waals surface area contributed by atoms with Crippen molar-refractivity contribution in [3.63, 3.8) is 0 Å². The maximum absolute atomic E-state index is 12.2. The fourth-order valence-corrected chi connectivity index (χ4v) is 2.46. The minimum absolute atomic E-state index is 0.148. The van der Waals surface area contributed by atoms with Crippen LogP contribution in [0, 0.1) is 0 Å². The molecule has 0 aromatic carbocycles. The van der Waals surface area contributed by atoms with Gasteiger partial charge in [0.05, 0.1) is 11.6 Å². The molecule has 2 N–H and O–H groups in total. The molecule has 0 saturated carbocycles. The van der Waals surface area contributed by atoms with Crippen molar-refractivity contribution in [3.05, 3.63) is 23.9 Å². The van der Waals surface area contributed by atoms with Crippen molar-refractivity contribution in [1.82, 2.24) is 15.0 Å². The van der Waals surface area contributed by atoms with Gasteiger partial charge in [0, 0.05) is 20.4 Å². The number of amides is 1. The van der Waals surface area contributed by atoms with Gasteiger partial charge in [0.15, 0.2) is 11.3 Å². The van der Waals surface area contributed by atoms with Crippen LogP contribution in [-0.4, -0.2) is 52.9 Å². The van der Waals surface area contributed by atoms with Crippen molar-refractivity contribution in [2.45, 2.75) is 30.7 Å². The van der Waals surface area contributed by atoms with Crippen LogP contribution in [0.4, 0.5) is 0 Å². The number of ether oxygens (including phenoxy) is 2. The Bertz CT molecular complexity index is 584. The molecule has 0 bridgehead atoms. The number of methoxy groups -OCH3 is 2. The van der Waals surface area contributed by atoms with E-state index in [1.54, 1.807) is 0 Å². The van der Waals surface area contributed by atoms with E-state index < -0.39 is 16.3 Å². The molecular formula is C13H21N3O5S. The van der Waals surface area contributed by atoms with E-state index in [0.29, 0.717) is 6.42 Å². The number of carbonyl (C=O) groups excluding carboxylic acids is 1. The van der Waals surface area contributed by atoms with Crippen molar-refractivity contribution in [2.75, 3.05) is 21.3 Å². The molecule has 8 nitrogen and oxygen atoms in total. The van der Waals surface area contributed by atoms with E-state index >= 15 is 0 Å². The number of hydrogen-bond acceptors (Lipinski definition) is 6. The molecule has 0 fully saturated rings. The fraction of sp³-hybridized carbons (Fsp3) is 0.538. The van der Waals surface area contributed by atoms with Crippen molar-refractivity contribution in [3.8, 4) is 0 Å². The predicted molar refractivity (Wildman–Crippen MR) is 79.8 cm³/mol. The highest BCUT2D eigenvalue weighted by Gasteiger charge is 2.22. The Balaban J connectivity index is 2.86. The third-order valence-corrected chi connectivity index (χ3v) is 4.42. The van der Waals surface area contributed by atoms with Gasteiger partial charge in [0.25, 0.3) is 15.9 Å². The molecule has 124 valence electrons. The first kappa shape index (κ1) is 18.5. The SMILES string of the molecule is CC[C@H](NC(=O)c1ccc(S(=O)(=O)NC)nc1)C(OC)OC. The van der Waals surface area contributed by atoms with Gasteiger partial charge in [-0.2, -0.15) is 0 Å². The Morgan fingerprint density at radius 1 is 1.32 bits per heavy atom. The Morgan fingerprint density at radius 2 is 1.95 bits per heavy atom. The van der Waals surface area contributed by atoms with Gasteiger partial charge in [-0.15, -0.1) is 0 Å². The van der Waals surface area contributed by atoms with Crippen molar-refractivity contribution in [1.29, 1.82) is 0 Å². The summed E-state index contributed by atoms with van der Waals surface area (Å²) in [6.45, 7) is 1.89. The first-order valence-electron chi connectivity index (χ1n) is 6.65. The molecule has 1 atom stereocenters. The van der Waals surface area contributed by atoms with Crippen LogP contribution in [0.2, 0.25) is 0 Å². The topological polar surface area (TPSA) is 107 Å². The maximum atomic E-state index is 12.2. The molecule has 1 heterocycles. The lowest BCUT2D eigenvalue weighted by Crippen LogP contribution is -2.44. The number of sulfonamides is 1. The molecule has 0 aliphatic heterocycles. The number of carbonyl (C=O) groups is 1. The molecule has 1 rings (SSSR count). The summed E-state index contributed by atoms with van der Waals surface area (Å²) in [5.74, 6) is -0.383. The van der Waals surface area contributed by atoms with Crippen LogP contribution in [0.5, 0.6) is 0 Å². The second-order valence-corrected chi connectivity index (χ2v) is 6.25. The third-order valence-electron chi connectivity index (χ3n) is 3.09. The van der Waals surface area contributed by atoms with Gasteiger partial charge in [0.2, 0.25) is 0 Å². The number of nitrogens with one attached hydrogen (secondary N) is 2. The lowest BCUT2D eigenvalue weighted by Gasteiger charge is -2.24. The molecule has 0 aliphatic carbocycles. The van der Waals surface area contributed by atoms with Gasteiger partial charge in [0.1, 0.15) is 0 Å². The first-order chi connectivity index (χ1) is 10.4. The van der Waals surface area contributed by atoms with E-state index in [9.17, 15) is 13.2 Å². The van der Waals surface area contributed by atoms with E-state index in [4.69, 9.17) is 9.47 Å². The largest absolute Gasteiger partial charge is 0.354 e. The van der Waals surface area contributed by atoms with Crippen molar-refractivity contribution in [2.24, 2.45) is 0 Å². The van der Waals surface area contributed by atoms with Crippen LogP contribution >= 0.6 is 0 Å². The summed E-state index contributed by atoms with van der Waals surface area (Å²) in [6.07, 6.45) is 1.25. The van der Waals surface area contributed by atoms with Crippen LogP contribution in [0.1, 0.15) is 23.7 Å². The zero-order valence-corrected chi connectivity index (χ0v) is 13.8. The van der Waals surface area contributed by atoms with Crippen LogP contribution in [0.25, 0.3) is 0 Å². The monoisotopic (exact) mass is 331 g/mol. The van der Waals surface area contributed by atoms with E-state index in [1.807, 2.05) is 6.92 Å². The van der Waals surface area contributed by atoms with Crippen molar-refractivity contribution >= 4 is 15.9 Å². The highest BCUT2D eigenvalue weighted by molar-refractivity contribution is 7.89. The number of aromatic nitrogens is 1. The molecule has 1 aromatic rings. The zero-order valence-electron chi connectivity index (χ0n) is 13.0. The highest BCUT2D eigenvalue weighted by Crippen LogP contribution is 2.09. The molecule has 22 heavy (non-hydrogen) atoms. The summed E-state index contributed by atoms with van der Waals surface area (Å²) < 4.78 is 35.5. The summed E-state index contributed by atoms with van der Waals surface area (Å²) in [4.78, 5) is 15.9. The van der Waals surface area contributed by atoms with E-state index in [2.05, 4.69) is 15.0 Å². The number of rotatable bonds is 8. The van der Waals surface area contributed by atoms with E-state index in [-0.39, 0.29) is 22.5 Å². The smallest absolute Gasteiger partial charge is 0.257 e. The highest BCUT2D eigenvalue weighted by atomic mass is 32.2. The second kappa shape index (κ2) is 8.18. The van der Waals surface area contributed by atoms with Gasteiger partial charge in [-0.25, -0.2) is 18.1 Å². The molecule has 1 amide bonds. The molecule has 9 heteroatoms. The van der Waals surface area contributed by atoms with Gasteiger partial charge in [-0.05, 0) is 25.6 Å². The Labute approximate surface area is 130 Å². The molecule has 0 unspecified atom stereocenters. The van der Waals surface area contributed by atoms with E-state index in [0.717, 1.165) is 0 Å². The summed E-state index contributed by atoms with van der Waals surface area (Å²) in [6, 6.07) is 2.34. The summed E-state index contributed by atoms with van der Waals surface area (Å²) >= 11 is 0. The average molecular weight is 331 g/mol. The minimum Gasteiger partial charge on any atom is -0.354 e. The Morgan fingerprint density at radius 3 is 2.36 bits per heavy atom. The molecule has 0 aliphatic rings. The Hall–Kier alpha value is -1.55. The summed E-state index contributed by atoms with van der Waals surface area (Å²) in [7, 11) is 0.644. The van der Waals surface area contributed by atoms with Crippen LogP contribution in [0.3, 0.4) is 0 Å². The average Bonchev–Trinajstić information content (AvgIpc) is 2.54. The second-order valence-electron chi connectivity index (χ2n) is 4.42. The lowest BCUT2D eigenvalue weighted by atomic mass is 10.2. The predicted octanol–water partition coefficient (Wildman–Crippen LogP) is 0.117. The lowest BCUT2D eigenvalue weighted by molar-refractivity contribution is -0.121. The van der Waals surface area contributed by atoms with Crippen molar-refractivity contribution < 1.29 is 22.7 Å². The third kappa shape index (κ3) is 4.47. The van der Waals surface area contributed by atoms with E-state index in [1.165, 1.54) is 39.6 Å². The molecule has 0 spiro atoms. The zero-order chi connectivity index (χ0) is 16.8. The normalized spacial score (nSPS) is 13.1.